The van der Waals surface area contributed by atoms with Gasteiger partial charge in [-0.3, -0.25) is 0 Å². The van der Waals surface area contributed by atoms with Gasteiger partial charge in [-0.25, -0.2) is 0 Å². The van der Waals surface area contributed by atoms with Crippen molar-refractivity contribution >= 4 is 0 Å². The first-order valence-corrected chi connectivity index (χ1v) is 7.32. The summed E-state index contributed by atoms with van der Waals surface area (Å²) in [5.41, 5.74) is 2.91. The molecule has 1 saturated heterocycles. The molecule has 0 saturated carbocycles. The molecule has 18 heavy (non-hydrogen) atoms. The van der Waals surface area contributed by atoms with Crippen LogP contribution >= 0.6 is 0 Å². The molecule has 2 heteroatoms. The fourth-order valence-electron chi connectivity index (χ4n) is 3.03. The van der Waals surface area contributed by atoms with Gasteiger partial charge in [0, 0.05) is 6.04 Å². The summed E-state index contributed by atoms with van der Waals surface area (Å²) in [6.07, 6.45) is 4.98. The number of piperidine rings is 1. The molecular formula is C16H26N2. The zero-order valence-electron chi connectivity index (χ0n) is 11.7. The van der Waals surface area contributed by atoms with Crippen LogP contribution in [0.1, 0.15) is 43.4 Å². The molecule has 2 rings (SSSR count). The van der Waals surface area contributed by atoms with Gasteiger partial charge in [-0.05, 0) is 56.4 Å². The maximum Gasteiger partial charge on any atom is 0.0347 e. The summed E-state index contributed by atoms with van der Waals surface area (Å²) in [6, 6.07) is 9.74. The monoisotopic (exact) mass is 246 g/mol. The zero-order valence-corrected chi connectivity index (χ0v) is 11.7. The van der Waals surface area contributed by atoms with Crippen LogP contribution in [0.5, 0.6) is 0 Å². The van der Waals surface area contributed by atoms with Crippen molar-refractivity contribution in [3.63, 3.8) is 0 Å². The molecule has 2 N–H and O–H groups in total. The molecule has 1 aliphatic heterocycles. The summed E-state index contributed by atoms with van der Waals surface area (Å²) in [4.78, 5) is 0. The lowest BCUT2D eigenvalue weighted by Crippen LogP contribution is -2.35. The van der Waals surface area contributed by atoms with Gasteiger partial charge >= 0.3 is 0 Å². The van der Waals surface area contributed by atoms with Gasteiger partial charge in [0.2, 0.25) is 0 Å². The average molecular weight is 246 g/mol. The zero-order chi connectivity index (χ0) is 12.8. The minimum Gasteiger partial charge on any atom is -0.317 e. The molecule has 1 fully saturated rings. The van der Waals surface area contributed by atoms with E-state index in [1.807, 2.05) is 0 Å². The number of hydrogen-bond acceptors (Lipinski definition) is 2. The van der Waals surface area contributed by atoms with Crippen molar-refractivity contribution in [3.05, 3.63) is 35.4 Å². The van der Waals surface area contributed by atoms with Crippen molar-refractivity contribution in [3.8, 4) is 0 Å². The quantitative estimate of drug-likeness (QED) is 0.835. The predicted molar refractivity (Wildman–Crippen MR) is 77.8 cm³/mol. The lowest BCUT2D eigenvalue weighted by Gasteiger charge is -2.31. The van der Waals surface area contributed by atoms with E-state index < -0.39 is 0 Å². The Labute approximate surface area is 111 Å². The van der Waals surface area contributed by atoms with Crippen LogP contribution in [0.15, 0.2) is 24.3 Å². The van der Waals surface area contributed by atoms with Crippen molar-refractivity contribution in [1.82, 2.24) is 10.6 Å². The first-order chi connectivity index (χ1) is 8.85. The molecular weight excluding hydrogens is 220 g/mol. The van der Waals surface area contributed by atoms with E-state index >= 15 is 0 Å². The predicted octanol–water partition coefficient (Wildman–Crippen LogP) is 2.90. The van der Waals surface area contributed by atoms with Gasteiger partial charge in [-0.15, -0.1) is 0 Å². The molecule has 0 amide bonds. The maximum absolute atomic E-state index is 3.51. The Balaban J connectivity index is 2.06. The summed E-state index contributed by atoms with van der Waals surface area (Å²) in [5.74, 6) is 0.772. The third-order valence-electron chi connectivity index (χ3n) is 4.04. The van der Waals surface area contributed by atoms with Crippen molar-refractivity contribution in [1.29, 1.82) is 0 Å². The van der Waals surface area contributed by atoms with E-state index in [9.17, 15) is 0 Å². The molecule has 0 aliphatic carbocycles. The van der Waals surface area contributed by atoms with Crippen molar-refractivity contribution < 1.29 is 0 Å². The van der Waals surface area contributed by atoms with E-state index in [2.05, 4.69) is 48.9 Å². The molecule has 1 atom stereocenters. The van der Waals surface area contributed by atoms with Gasteiger partial charge in [0.1, 0.15) is 0 Å². The van der Waals surface area contributed by atoms with Crippen LogP contribution in [-0.2, 0) is 6.42 Å². The van der Waals surface area contributed by atoms with Crippen molar-refractivity contribution in [2.75, 3.05) is 20.1 Å². The van der Waals surface area contributed by atoms with Crippen LogP contribution in [-0.4, -0.2) is 20.1 Å². The molecule has 1 heterocycles. The van der Waals surface area contributed by atoms with Crippen LogP contribution < -0.4 is 10.6 Å². The van der Waals surface area contributed by atoms with Crippen LogP contribution in [0.3, 0.4) is 0 Å². The Hall–Kier alpha value is -0.860. The topological polar surface area (TPSA) is 24.1 Å². The number of benzene rings is 1. The molecule has 100 valence electrons. The number of hydrogen-bond donors (Lipinski definition) is 2. The summed E-state index contributed by atoms with van der Waals surface area (Å²) in [5, 5.41) is 6.95. The second-order valence-corrected chi connectivity index (χ2v) is 5.35. The Morgan fingerprint density at radius 1 is 1.22 bits per heavy atom. The number of rotatable bonds is 5. The van der Waals surface area contributed by atoms with Gasteiger partial charge in [-0.2, -0.15) is 0 Å². The van der Waals surface area contributed by atoms with Gasteiger partial charge in [0.05, 0.1) is 0 Å². The van der Waals surface area contributed by atoms with Crippen LogP contribution in [0.4, 0.5) is 0 Å². The smallest absolute Gasteiger partial charge is 0.0347 e. The summed E-state index contributed by atoms with van der Waals surface area (Å²) in [7, 11) is 2.09. The maximum atomic E-state index is 3.51. The highest BCUT2D eigenvalue weighted by molar-refractivity contribution is 5.25. The number of aryl methyl sites for hydroxylation is 1. The second-order valence-electron chi connectivity index (χ2n) is 5.35. The Morgan fingerprint density at radius 2 is 1.89 bits per heavy atom. The summed E-state index contributed by atoms with van der Waals surface area (Å²) >= 11 is 0. The minimum atomic E-state index is 0.516. The first-order valence-electron chi connectivity index (χ1n) is 7.32. The lowest BCUT2D eigenvalue weighted by molar-refractivity contribution is 0.294. The fourth-order valence-corrected chi connectivity index (χ4v) is 3.03. The highest BCUT2D eigenvalue weighted by Gasteiger charge is 2.23. The van der Waals surface area contributed by atoms with E-state index in [-0.39, 0.29) is 0 Å². The lowest BCUT2D eigenvalue weighted by atomic mass is 9.85. The first kappa shape index (κ1) is 13.6. The van der Waals surface area contributed by atoms with E-state index in [1.54, 1.807) is 0 Å². The largest absolute Gasteiger partial charge is 0.317 e. The molecule has 0 aromatic heterocycles. The molecule has 1 aromatic rings. The molecule has 0 spiro atoms. The molecule has 1 aliphatic rings. The summed E-state index contributed by atoms with van der Waals surface area (Å²) in [6.45, 7) is 4.56. The third-order valence-corrected chi connectivity index (χ3v) is 4.04. The molecule has 0 bridgehead atoms. The average Bonchev–Trinajstić information content (AvgIpc) is 2.43. The van der Waals surface area contributed by atoms with E-state index in [0.717, 1.165) is 19.0 Å². The highest BCUT2D eigenvalue weighted by atomic mass is 14.9. The van der Waals surface area contributed by atoms with E-state index in [4.69, 9.17) is 0 Å². The SMILES string of the molecule is CCCc1ccc(C(NC)C2CCNCC2)cc1. The van der Waals surface area contributed by atoms with Gasteiger partial charge in [-0.1, -0.05) is 37.6 Å². The fraction of sp³-hybridized carbons (Fsp3) is 0.625. The van der Waals surface area contributed by atoms with Gasteiger partial charge in [0.25, 0.3) is 0 Å². The van der Waals surface area contributed by atoms with Crippen LogP contribution in [0.2, 0.25) is 0 Å². The van der Waals surface area contributed by atoms with Gasteiger partial charge < -0.3 is 10.6 Å². The molecule has 1 unspecified atom stereocenters. The second kappa shape index (κ2) is 6.91. The number of nitrogens with one attached hydrogen (secondary N) is 2. The van der Waals surface area contributed by atoms with E-state index in [1.165, 1.54) is 36.8 Å². The standard InChI is InChI=1S/C16H26N2/c1-3-4-13-5-7-14(8-6-13)16(17-2)15-9-11-18-12-10-15/h5-8,15-18H,3-4,9-12H2,1-2H3. The Bertz CT molecular complexity index is 339. The molecule has 2 nitrogen and oxygen atoms in total. The third kappa shape index (κ3) is 3.33. The van der Waals surface area contributed by atoms with Crippen LogP contribution in [0, 0.1) is 5.92 Å². The van der Waals surface area contributed by atoms with Crippen LogP contribution in [0.25, 0.3) is 0 Å². The molecule has 1 aromatic carbocycles. The molecule has 0 radical (unpaired) electrons. The Morgan fingerprint density at radius 3 is 2.44 bits per heavy atom. The highest BCUT2D eigenvalue weighted by Crippen LogP contribution is 2.28. The summed E-state index contributed by atoms with van der Waals surface area (Å²) < 4.78 is 0. The van der Waals surface area contributed by atoms with Gasteiger partial charge in [0.15, 0.2) is 0 Å². The van der Waals surface area contributed by atoms with Crippen molar-refractivity contribution in [2.24, 2.45) is 5.92 Å². The van der Waals surface area contributed by atoms with E-state index in [0.29, 0.717) is 6.04 Å². The minimum absolute atomic E-state index is 0.516. The van der Waals surface area contributed by atoms with Crippen molar-refractivity contribution in [2.45, 2.75) is 38.6 Å². The normalized spacial score (nSPS) is 18.8. The Kier molecular flexibility index (Phi) is 5.21.